The minimum absolute atomic E-state index is 0.250. The van der Waals surface area contributed by atoms with E-state index in [2.05, 4.69) is 15.3 Å². The summed E-state index contributed by atoms with van der Waals surface area (Å²) in [5.41, 5.74) is -0.762. The van der Waals surface area contributed by atoms with E-state index >= 15 is 0 Å². The first-order valence-corrected chi connectivity index (χ1v) is 6.60. The van der Waals surface area contributed by atoms with Gasteiger partial charge >= 0.3 is 0 Å². The van der Waals surface area contributed by atoms with Crippen LogP contribution in [0.4, 0.5) is 14.5 Å². The molecular weight excluding hydrogens is 306 g/mol. The van der Waals surface area contributed by atoms with Crippen LogP contribution in [0, 0.1) is 11.6 Å². The largest absolute Gasteiger partial charge is 0.320 e. The van der Waals surface area contributed by atoms with E-state index in [4.69, 9.17) is 0 Å². The summed E-state index contributed by atoms with van der Waals surface area (Å²) in [4.78, 5) is 32.0. The third-order valence-corrected chi connectivity index (χ3v) is 3.14. The molecule has 0 aliphatic heterocycles. The summed E-state index contributed by atoms with van der Waals surface area (Å²) in [7, 11) is 0. The van der Waals surface area contributed by atoms with Crippen molar-refractivity contribution in [1.82, 2.24) is 14.5 Å². The molecule has 116 valence electrons. The van der Waals surface area contributed by atoms with E-state index in [0.717, 1.165) is 23.0 Å². The van der Waals surface area contributed by atoms with Gasteiger partial charge in [0.2, 0.25) is 5.91 Å². The molecule has 2 aromatic heterocycles. The van der Waals surface area contributed by atoms with Gasteiger partial charge in [-0.3, -0.25) is 14.2 Å². The fraction of sp³-hybridized carbons (Fsp3) is 0.0667. The lowest BCUT2D eigenvalue weighted by molar-refractivity contribution is -0.116. The molecule has 6 nitrogen and oxygen atoms in total. The van der Waals surface area contributed by atoms with Crippen LogP contribution < -0.4 is 10.9 Å². The lowest BCUT2D eigenvalue weighted by atomic mass is 10.3. The average molecular weight is 316 g/mol. The van der Waals surface area contributed by atoms with Crippen LogP contribution in [0.5, 0.6) is 0 Å². The number of pyridine rings is 1. The topological polar surface area (TPSA) is 76.9 Å². The Kier molecular flexibility index (Phi) is 3.80. The highest BCUT2D eigenvalue weighted by atomic mass is 19.1. The van der Waals surface area contributed by atoms with Crippen molar-refractivity contribution in [2.45, 2.75) is 6.54 Å². The molecule has 0 atom stereocenters. The Bertz CT molecular complexity index is 935. The highest BCUT2D eigenvalue weighted by Crippen LogP contribution is 2.17. The fourth-order valence-corrected chi connectivity index (χ4v) is 2.06. The zero-order valence-corrected chi connectivity index (χ0v) is 11.7. The minimum Gasteiger partial charge on any atom is -0.320 e. The van der Waals surface area contributed by atoms with Crippen molar-refractivity contribution in [3.63, 3.8) is 0 Å². The summed E-state index contributed by atoms with van der Waals surface area (Å²) in [5, 5.41) is 2.36. The smallest absolute Gasteiger partial charge is 0.263 e. The molecule has 0 bridgehead atoms. The number of aromatic nitrogens is 3. The molecule has 1 aromatic carbocycles. The van der Waals surface area contributed by atoms with Gasteiger partial charge in [0.15, 0.2) is 5.65 Å². The molecule has 0 fully saturated rings. The third kappa shape index (κ3) is 2.91. The maximum absolute atomic E-state index is 13.5. The Balaban J connectivity index is 1.86. The molecule has 0 saturated heterocycles. The molecule has 0 radical (unpaired) electrons. The number of carbonyl (C=O) groups is 1. The first kappa shape index (κ1) is 14.8. The van der Waals surface area contributed by atoms with Gasteiger partial charge in [-0.15, -0.1) is 0 Å². The number of fused-ring (bicyclic) bond motifs is 1. The minimum atomic E-state index is -0.897. The second-order valence-corrected chi connectivity index (χ2v) is 4.70. The van der Waals surface area contributed by atoms with Crippen LogP contribution in [0.25, 0.3) is 11.0 Å². The molecule has 3 rings (SSSR count). The van der Waals surface area contributed by atoms with Gasteiger partial charge in [-0.05, 0) is 24.3 Å². The summed E-state index contributed by atoms with van der Waals surface area (Å²) in [6.07, 6.45) is 2.65. The highest BCUT2D eigenvalue weighted by Gasteiger charge is 2.13. The molecule has 1 N–H and O–H groups in total. The summed E-state index contributed by atoms with van der Waals surface area (Å²) in [5.74, 6) is -2.54. The van der Waals surface area contributed by atoms with Crippen molar-refractivity contribution < 1.29 is 13.6 Å². The fourth-order valence-electron chi connectivity index (χ4n) is 2.06. The molecular formula is C15H10F2N4O2. The molecule has 2 heterocycles. The second kappa shape index (κ2) is 5.91. The van der Waals surface area contributed by atoms with Crippen molar-refractivity contribution in [1.29, 1.82) is 0 Å². The number of anilines is 1. The van der Waals surface area contributed by atoms with E-state index in [1.165, 1.54) is 18.3 Å². The van der Waals surface area contributed by atoms with E-state index in [1.807, 2.05) is 0 Å². The lowest BCUT2D eigenvalue weighted by Gasteiger charge is -2.09. The van der Waals surface area contributed by atoms with Gasteiger partial charge in [0, 0.05) is 6.20 Å². The van der Waals surface area contributed by atoms with Crippen molar-refractivity contribution in [2.75, 3.05) is 5.32 Å². The third-order valence-electron chi connectivity index (χ3n) is 3.14. The monoisotopic (exact) mass is 316 g/mol. The maximum atomic E-state index is 13.5. The van der Waals surface area contributed by atoms with Gasteiger partial charge < -0.3 is 5.32 Å². The zero-order chi connectivity index (χ0) is 16.4. The van der Waals surface area contributed by atoms with E-state index < -0.39 is 35.3 Å². The SMILES string of the molecule is O=C(Cn1cnc2ncccc2c1=O)Nc1c(F)cccc1F. The van der Waals surface area contributed by atoms with Gasteiger partial charge in [-0.1, -0.05) is 6.07 Å². The Morgan fingerprint density at radius 3 is 2.61 bits per heavy atom. The predicted octanol–water partition coefficient (Wildman–Crippen LogP) is 1.71. The zero-order valence-electron chi connectivity index (χ0n) is 11.7. The number of rotatable bonds is 3. The molecule has 0 unspecified atom stereocenters. The molecule has 8 heteroatoms. The summed E-state index contributed by atoms with van der Waals surface area (Å²) in [6, 6.07) is 6.33. The molecule has 0 spiro atoms. The highest BCUT2D eigenvalue weighted by molar-refractivity contribution is 5.91. The quantitative estimate of drug-likeness (QED) is 0.798. The molecule has 0 aliphatic carbocycles. The number of benzene rings is 1. The Morgan fingerprint density at radius 2 is 1.87 bits per heavy atom. The van der Waals surface area contributed by atoms with E-state index in [1.54, 1.807) is 6.07 Å². The average Bonchev–Trinajstić information content (AvgIpc) is 2.54. The Labute approximate surface area is 128 Å². The van der Waals surface area contributed by atoms with Crippen molar-refractivity contribution in [3.05, 3.63) is 64.8 Å². The van der Waals surface area contributed by atoms with Crippen LogP contribution in [-0.4, -0.2) is 20.4 Å². The Hall–Kier alpha value is -3.16. The number of hydrogen-bond acceptors (Lipinski definition) is 4. The van der Waals surface area contributed by atoms with Gasteiger partial charge in [0.05, 0.1) is 5.39 Å². The van der Waals surface area contributed by atoms with Gasteiger partial charge in [0.25, 0.3) is 5.56 Å². The number of halogens is 2. The summed E-state index contributed by atoms with van der Waals surface area (Å²) >= 11 is 0. The first-order chi connectivity index (χ1) is 11.1. The lowest BCUT2D eigenvalue weighted by Crippen LogP contribution is -2.28. The van der Waals surface area contributed by atoms with Crippen LogP contribution in [0.15, 0.2) is 47.7 Å². The Morgan fingerprint density at radius 1 is 1.13 bits per heavy atom. The van der Waals surface area contributed by atoms with Crippen molar-refractivity contribution in [2.24, 2.45) is 0 Å². The van der Waals surface area contributed by atoms with Crippen LogP contribution in [0.2, 0.25) is 0 Å². The summed E-state index contributed by atoms with van der Waals surface area (Å²) in [6.45, 7) is -0.426. The number of para-hydroxylation sites is 1. The van der Waals surface area contributed by atoms with Crippen molar-refractivity contribution >= 4 is 22.6 Å². The van der Waals surface area contributed by atoms with E-state index in [-0.39, 0.29) is 11.0 Å². The predicted molar refractivity (Wildman–Crippen MR) is 78.8 cm³/mol. The normalized spacial score (nSPS) is 10.7. The first-order valence-electron chi connectivity index (χ1n) is 6.60. The second-order valence-electron chi connectivity index (χ2n) is 4.70. The molecule has 0 saturated carbocycles. The molecule has 0 aliphatic rings. The summed E-state index contributed by atoms with van der Waals surface area (Å²) < 4.78 is 28.0. The standard InChI is InChI=1S/C15H10F2N4O2/c16-10-4-1-5-11(17)13(10)20-12(22)7-21-8-19-14-9(15(21)23)3-2-6-18-14/h1-6,8H,7H2,(H,20,22). The van der Waals surface area contributed by atoms with Gasteiger partial charge in [-0.2, -0.15) is 0 Å². The van der Waals surface area contributed by atoms with Crippen molar-refractivity contribution in [3.8, 4) is 0 Å². The van der Waals surface area contributed by atoms with Crippen LogP contribution in [-0.2, 0) is 11.3 Å². The van der Waals surface area contributed by atoms with Gasteiger partial charge in [0.1, 0.15) is 30.2 Å². The maximum Gasteiger partial charge on any atom is 0.263 e. The molecule has 1 amide bonds. The number of hydrogen-bond donors (Lipinski definition) is 1. The van der Waals surface area contributed by atoms with Crippen LogP contribution in [0.3, 0.4) is 0 Å². The van der Waals surface area contributed by atoms with Crippen LogP contribution in [0.1, 0.15) is 0 Å². The van der Waals surface area contributed by atoms with Crippen LogP contribution >= 0.6 is 0 Å². The molecule has 23 heavy (non-hydrogen) atoms. The number of nitrogens with zero attached hydrogens (tertiary/aromatic N) is 3. The van der Waals surface area contributed by atoms with Gasteiger partial charge in [-0.25, -0.2) is 18.7 Å². The van der Waals surface area contributed by atoms with E-state index in [9.17, 15) is 18.4 Å². The number of carbonyl (C=O) groups excluding carboxylic acids is 1. The molecule has 3 aromatic rings. The number of amides is 1. The van der Waals surface area contributed by atoms with E-state index in [0.29, 0.717) is 0 Å². The number of nitrogens with one attached hydrogen (secondary N) is 1.